The molecule has 0 aliphatic rings. The second kappa shape index (κ2) is 5.84. The Morgan fingerprint density at radius 2 is 2.05 bits per heavy atom. The largest absolute Gasteiger partial charge is 0.370 e. The lowest BCUT2D eigenvalue weighted by atomic mass is 10.2. The van der Waals surface area contributed by atoms with Crippen LogP contribution in [0.3, 0.4) is 0 Å². The maximum absolute atomic E-state index is 13.1. The molecule has 2 aromatic rings. The number of hydrogen-bond acceptors (Lipinski definition) is 6. The Labute approximate surface area is 115 Å². The van der Waals surface area contributed by atoms with E-state index in [1.54, 1.807) is 6.07 Å². The molecule has 2 rings (SSSR count). The van der Waals surface area contributed by atoms with E-state index >= 15 is 0 Å². The molecule has 20 heavy (non-hydrogen) atoms. The van der Waals surface area contributed by atoms with Gasteiger partial charge in [0.15, 0.2) is 0 Å². The van der Waals surface area contributed by atoms with Crippen molar-refractivity contribution in [3.05, 3.63) is 35.6 Å². The van der Waals surface area contributed by atoms with E-state index in [4.69, 9.17) is 11.0 Å². The fourth-order valence-corrected chi connectivity index (χ4v) is 1.66. The van der Waals surface area contributed by atoms with Gasteiger partial charge in [-0.1, -0.05) is 0 Å². The number of nitrogen functional groups attached to an aromatic ring is 1. The third-order valence-electron chi connectivity index (χ3n) is 2.47. The van der Waals surface area contributed by atoms with Crippen LogP contribution in [0.25, 0.3) is 0 Å². The third-order valence-corrected chi connectivity index (χ3v) is 2.47. The SMILES string of the molecule is CCNc1cc(Nc2ccc(F)cc2C#N)nc(N)n1. The van der Waals surface area contributed by atoms with Crippen molar-refractivity contribution in [2.45, 2.75) is 6.92 Å². The minimum Gasteiger partial charge on any atom is -0.370 e. The smallest absolute Gasteiger partial charge is 0.223 e. The Morgan fingerprint density at radius 1 is 1.30 bits per heavy atom. The molecule has 0 fully saturated rings. The second-order valence-electron chi connectivity index (χ2n) is 3.95. The minimum atomic E-state index is -0.470. The molecule has 0 spiro atoms. The van der Waals surface area contributed by atoms with Gasteiger partial charge in [0.25, 0.3) is 0 Å². The molecule has 0 aliphatic heterocycles. The van der Waals surface area contributed by atoms with Crippen molar-refractivity contribution in [1.29, 1.82) is 5.26 Å². The van der Waals surface area contributed by atoms with Crippen LogP contribution in [0.15, 0.2) is 24.3 Å². The van der Waals surface area contributed by atoms with Gasteiger partial charge in [-0.2, -0.15) is 15.2 Å². The molecule has 0 radical (unpaired) electrons. The summed E-state index contributed by atoms with van der Waals surface area (Å²) in [5, 5.41) is 14.9. The van der Waals surface area contributed by atoms with Gasteiger partial charge in [0, 0.05) is 12.6 Å². The van der Waals surface area contributed by atoms with Crippen molar-refractivity contribution >= 4 is 23.3 Å². The molecule has 0 saturated carbocycles. The topological polar surface area (TPSA) is 99.6 Å². The van der Waals surface area contributed by atoms with Gasteiger partial charge in [-0.15, -0.1) is 0 Å². The van der Waals surface area contributed by atoms with E-state index in [2.05, 4.69) is 20.6 Å². The standard InChI is InChI=1S/C13H13FN6/c1-2-17-11-6-12(20-13(16)19-11)18-10-4-3-9(14)5-8(10)7-15/h3-6H,2H2,1H3,(H4,16,17,18,19,20). The Bertz CT molecular complexity index is 664. The van der Waals surface area contributed by atoms with Gasteiger partial charge in [0.2, 0.25) is 5.95 Å². The first-order valence-corrected chi connectivity index (χ1v) is 5.97. The Kier molecular flexibility index (Phi) is 3.96. The van der Waals surface area contributed by atoms with Crippen molar-refractivity contribution in [3.8, 4) is 6.07 Å². The van der Waals surface area contributed by atoms with Crippen LogP contribution in [0.1, 0.15) is 12.5 Å². The van der Waals surface area contributed by atoms with E-state index < -0.39 is 5.82 Å². The summed E-state index contributed by atoms with van der Waals surface area (Å²) in [6.07, 6.45) is 0. The van der Waals surface area contributed by atoms with E-state index in [-0.39, 0.29) is 11.5 Å². The van der Waals surface area contributed by atoms with Crippen molar-refractivity contribution in [3.63, 3.8) is 0 Å². The number of rotatable bonds is 4. The van der Waals surface area contributed by atoms with E-state index in [1.165, 1.54) is 12.1 Å². The van der Waals surface area contributed by atoms with Crippen molar-refractivity contribution in [1.82, 2.24) is 9.97 Å². The highest BCUT2D eigenvalue weighted by Gasteiger charge is 2.07. The fourth-order valence-electron chi connectivity index (χ4n) is 1.66. The Morgan fingerprint density at radius 3 is 2.75 bits per heavy atom. The first kappa shape index (κ1) is 13.5. The van der Waals surface area contributed by atoms with Crippen LogP contribution in [0.5, 0.6) is 0 Å². The summed E-state index contributed by atoms with van der Waals surface area (Å²) in [6.45, 7) is 2.62. The summed E-state index contributed by atoms with van der Waals surface area (Å²) < 4.78 is 13.1. The molecule has 0 aliphatic carbocycles. The first-order chi connectivity index (χ1) is 9.62. The molecule has 6 nitrogen and oxygen atoms in total. The predicted octanol–water partition coefficient (Wildman–Crippen LogP) is 2.24. The number of nitrogens with two attached hydrogens (primary N) is 1. The van der Waals surface area contributed by atoms with E-state index in [0.29, 0.717) is 23.9 Å². The molecular weight excluding hydrogens is 259 g/mol. The fraction of sp³-hybridized carbons (Fsp3) is 0.154. The highest BCUT2D eigenvalue weighted by molar-refractivity contribution is 5.66. The van der Waals surface area contributed by atoms with Crippen LogP contribution in [-0.4, -0.2) is 16.5 Å². The van der Waals surface area contributed by atoms with E-state index in [9.17, 15) is 4.39 Å². The molecule has 4 N–H and O–H groups in total. The number of hydrogen-bond donors (Lipinski definition) is 3. The summed E-state index contributed by atoms with van der Waals surface area (Å²) >= 11 is 0. The minimum absolute atomic E-state index is 0.103. The lowest BCUT2D eigenvalue weighted by molar-refractivity contribution is 0.627. The quantitative estimate of drug-likeness (QED) is 0.789. The van der Waals surface area contributed by atoms with Gasteiger partial charge in [0.05, 0.1) is 11.3 Å². The van der Waals surface area contributed by atoms with Gasteiger partial charge in [-0.05, 0) is 25.1 Å². The van der Waals surface area contributed by atoms with Crippen LogP contribution in [-0.2, 0) is 0 Å². The number of anilines is 4. The van der Waals surface area contributed by atoms with Gasteiger partial charge in [-0.3, -0.25) is 0 Å². The van der Waals surface area contributed by atoms with E-state index in [1.807, 2.05) is 13.0 Å². The molecule has 7 heteroatoms. The van der Waals surface area contributed by atoms with Crippen LogP contribution in [0.4, 0.5) is 27.7 Å². The monoisotopic (exact) mass is 272 g/mol. The molecule has 1 aromatic heterocycles. The first-order valence-electron chi connectivity index (χ1n) is 5.97. The molecule has 0 bridgehead atoms. The predicted molar refractivity (Wildman–Crippen MR) is 75.0 cm³/mol. The summed E-state index contributed by atoms with van der Waals surface area (Å²) in [7, 11) is 0. The molecule has 0 saturated heterocycles. The lowest BCUT2D eigenvalue weighted by Gasteiger charge is -2.10. The number of nitriles is 1. The molecule has 0 amide bonds. The number of halogens is 1. The highest BCUT2D eigenvalue weighted by Crippen LogP contribution is 2.22. The number of benzene rings is 1. The normalized spacial score (nSPS) is 9.85. The summed E-state index contributed by atoms with van der Waals surface area (Å²) in [6, 6.07) is 7.46. The zero-order valence-electron chi connectivity index (χ0n) is 10.8. The third kappa shape index (κ3) is 3.11. The number of nitrogens with one attached hydrogen (secondary N) is 2. The zero-order valence-corrected chi connectivity index (χ0v) is 10.8. The maximum Gasteiger partial charge on any atom is 0.223 e. The highest BCUT2D eigenvalue weighted by atomic mass is 19.1. The molecule has 1 heterocycles. The van der Waals surface area contributed by atoms with Crippen molar-refractivity contribution < 1.29 is 4.39 Å². The maximum atomic E-state index is 13.1. The molecule has 0 atom stereocenters. The lowest BCUT2D eigenvalue weighted by Crippen LogP contribution is -2.06. The summed E-state index contributed by atoms with van der Waals surface area (Å²) in [5.74, 6) is 0.633. The van der Waals surface area contributed by atoms with Crippen LogP contribution >= 0.6 is 0 Å². The van der Waals surface area contributed by atoms with Gasteiger partial charge < -0.3 is 16.4 Å². The van der Waals surface area contributed by atoms with Gasteiger partial charge >= 0.3 is 0 Å². The molecular formula is C13H13FN6. The van der Waals surface area contributed by atoms with Gasteiger partial charge in [-0.25, -0.2) is 4.39 Å². The molecule has 1 aromatic carbocycles. The van der Waals surface area contributed by atoms with Crippen molar-refractivity contribution in [2.24, 2.45) is 0 Å². The Balaban J connectivity index is 2.32. The van der Waals surface area contributed by atoms with Crippen LogP contribution < -0.4 is 16.4 Å². The van der Waals surface area contributed by atoms with E-state index in [0.717, 1.165) is 6.07 Å². The summed E-state index contributed by atoms with van der Waals surface area (Å²) in [5.41, 5.74) is 6.25. The van der Waals surface area contributed by atoms with Gasteiger partial charge in [0.1, 0.15) is 23.5 Å². The average molecular weight is 272 g/mol. The zero-order chi connectivity index (χ0) is 14.5. The number of aromatic nitrogens is 2. The average Bonchev–Trinajstić information content (AvgIpc) is 2.40. The van der Waals surface area contributed by atoms with Crippen molar-refractivity contribution in [2.75, 3.05) is 22.9 Å². The summed E-state index contributed by atoms with van der Waals surface area (Å²) in [4.78, 5) is 8.03. The second-order valence-corrected chi connectivity index (χ2v) is 3.95. The van der Waals surface area contributed by atoms with Crippen LogP contribution in [0.2, 0.25) is 0 Å². The van der Waals surface area contributed by atoms with Crippen LogP contribution in [0, 0.1) is 17.1 Å². The molecule has 0 unspecified atom stereocenters. The number of nitrogens with zero attached hydrogens (tertiary/aromatic N) is 3. The Hall–Kier alpha value is -2.88. The molecule has 102 valence electrons.